The largest absolute Gasteiger partial charge is 0.343 e. The number of hydrogen-bond donors (Lipinski definition) is 3. The summed E-state index contributed by atoms with van der Waals surface area (Å²) < 4.78 is 1.62. The number of rotatable bonds is 5. The summed E-state index contributed by atoms with van der Waals surface area (Å²) in [6, 6.07) is 0.467. The molecule has 3 rings (SSSR count). The highest BCUT2D eigenvalue weighted by molar-refractivity contribution is 5.14. The fourth-order valence-corrected chi connectivity index (χ4v) is 3.31. The monoisotopic (exact) mass is 304 g/mol. The minimum absolute atomic E-state index is 0.135. The van der Waals surface area contributed by atoms with Gasteiger partial charge in [-0.15, -0.1) is 0 Å². The summed E-state index contributed by atoms with van der Waals surface area (Å²) in [6.07, 6.45) is 7.61. The van der Waals surface area contributed by atoms with Gasteiger partial charge in [0.05, 0.1) is 6.20 Å². The first-order chi connectivity index (χ1) is 10.6. The molecule has 1 aliphatic rings. The molecule has 1 saturated carbocycles. The second kappa shape index (κ2) is 6.48. The molecular weight excluding hydrogens is 280 g/mol. The smallest absolute Gasteiger partial charge is 0.310 e. The normalized spacial score (nSPS) is 22.1. The van der Waals surface area contributed by atoms with E-state index in [4.69, 9.17) is 0 Å². The van der Waals surface area contributed by atoms with E-state index in [2.05, 4.69) is 25.7 Å². The molecule has 2 heterocycles. The van der Waals surface area contributed by atoms with Crippen molar-refractivity contribution >= 4 is 0 Å². The molecule has 3 N–H and O–H groups in total. The van der Waals surface area contributed by atoms with Crippen molar-refractivity contribution in [3.63, 3.8) is 0 Å². The zero-order valence-corrected chi connectivity index (χ0v) is 13.2. The van der Waals surface area contributed by atoms with Gasteiger partial charge in [-0.3, -0.25) is 9.67 Å². The first-order valence-electron chi connectivity index (χ1n) is 7.97. The van der Waals surface area contributed by atoms with Crippen LogP contribution in [0.5, 0.6) is 0 Å². The molecule has 1 aliphatic carbocycles. The van der Waals surface area contributed by atoms with E-state index in [9.17, 15) is 4.79 Å². The summed E-state index contributed by atoms with van der Waals surface area (Å²) in [5.41, 5.74) is 2.20. The second-order valence-electron chi connectivity index (χ2n) is 6.26. The number of aryl methyl sites for hydroxylation is 1. The molecule has 0 unspecified atom stereocenters. The summed E-state index contributed by atoms with van der Waals surface area (Å²) in [7, 11) is 1.78. The van der Waals surface area contributed by atoms with E-state index in [0.29, 0.717) is 12.0 Å². The maximum absolute atomic E-state index is 11.5. The van der Waals surface area contributed by atoms with Gasteiger partial charge in [0.2, 0.25) is 0 Å². The summed E-state index contributed by atoms with van der Waals surface area (Å²) >= 11 is 0. The van der Waals surface area contributed by atoms with E-state index in [1.54, 1.807) is 11.6 Å². The predicted molar refractivity (Wildman–Crippen MR) is 83.4 cm³/mol. The van der Waals surface area contributed by atoms with Crippen molar-refractivity contribution in [1.82, 2.24) is 30.3 Å². The van der Waals surface area contributed by atoms with E-state index in [-0.39, 0.29) is 5.69 Å². The van der Waals surface area contributed by atoms with Crippen molar-refractivity contribution in [2.75, 3.05) is 0 Å². The van der Waals surface area contributed by atoms with Crippen molar-refractivity contribution in [1.29, 1.82) is 0 Å². The molecule has 120 valence electrons. The van der Waals surface area contributed by atoms with Gasteiger partial charge in [0.15, 0.2) is 0 Å². The molecule has 0 radical (unpaired) electrons. The number of H-pyrrole nitrogens is 2. The van der Waals surface area contributed by atoms with Crippen LogP contribution in [0.1, 0.15) is 42.8 Å². The Bertz CT molecular complexity index is 670. The van der Waals surface area contributed by atoms with Gasteiger partial charge in [0.1, 0.15) is 5.82 Å². The van der Waals surface area contributed by atoms with Gasteiger partial charge >= 0.3 is 5.69 Å². The average Bonchev–Trinajstić information content (AvgIpc) is 3.07. The van der Waals surface area contributed by atoms with Crippen molar-refractivity contribution in [3.05, 3.63) is 33.8 Å². The fourth-order valence-electron chi connectivity index (χ4n) is 3.31. The molecular formula is C15H24N6O. The summed E-state index contributed by atoms with van der Waals surface area (Å²) in [5.74, 6) is 1.37. The number of aromatic amines is 2. The third-order valence-corrected chi connectivity index (χ3v) is 4.82. The van der Waals surface area contributed by atoms with Crippen LogP contribution in [0.3, 0.4) is 0 Å². The molecule has 2 aromatic heterocycles. The summed E-state index contributed by atoms with van der Waals surface area (Å²) in [6.45, 7) is 2.88. The molecule has 0 saturated heterocycles. The van der Waals surface area contributed by atoms with Gasteiger partial charge in [-0.2, -0.15) is 10.2 Å². The van der Waals surface area contributed by atoms with Gasteiger partial charge in [-0.05, 0) is 25.7 Å². The van der Waals surface area contributed by atoms with Crippen molar-refractivity contribution in [2.45, 2.75) is 51.6 Å². The standard InChI is InChI=1S/C15H24N6O/c1-10-12(9-17-18-10)8-16-13-6-4-3-5-11(13)7-14-19-20-15(22)21(14)2/h9,11,13,16H,3-8H2,1-2H3,(H,17,18)(H,20,22)/t11-,13-/m1/s1. The number of hydrogen-bond acceptors (Lipinski definition) is 4. The Kier molecular flexibility index (Phi) is 4.42. The van der Waals surface area contributed by atoms with Gasteiger partial charge in [0.25, 0.3) is 0 Å². The van der Waals surface area contributed by atoms with Gasteiger partial charge in [-0.25, -0.2) is 9.89 Å². The van der Waals surface area contributed by atoms with Crippen LogP contribution in [-0.4, -0.2) is 31.0 Å². The van der Waals surface area contributed by atoms with Gasteiger partial charge in [-0.1, -0.05) is 12.8 Å². The lowest BCUT2D eigenvalue weighted by Crippen LogP contribution is -2.39. The van der Waals surface area contributed by atoms with Crippen LogP contribution in [0.4, 0.5) is 0 Å². The summed E-state index contributed by atoms with van der Waals surface area (Å²) in [4.78, 5) is 11.5. The predicted octanol–water partition coefficient (Wildman–Crippen LogP) is 1.03. The van der Waals surface area contributed by atoms with Crippen LogP contribution in [-0.2, 0) is 20.0 Å². The molecule has 22 heavy (non-hydrogen) atoms. The minimum atomic E-state index is -0.135. The van der Waals surface area contributed by atoms with Crippen molar-refractivity contribution in [2.24, 2.45) is 13.0 Å². The van der Waals surface area contributed by atoms with Crippen LogP contribution in [0.15, 0.2) is 11.0 Å². The highest BCUT2D eigenvalue weighted by Gasteiger charge is 2.26. The second-order valence-corrected chi connectivity index (χ2v) is 6.26. The van der Waals surface area contributed by atoms with Gasteiger partial charge in [0, 0.05) is 37.3 Å². The first-order valence-corrected chi connectivity index (χ1v) is 7.97. The van der Waals surface area contributed by atoms with E-state index < -0.39 is 0 Å². The molecule has 0 bridgehead atoms. The molecule has 0 aromatic carbocycles. The molecule has 7 heteroatoms. The molecule has 0 aliphatic heterocycles. The van der Waals surface area contributed by atoms with Crippen molar-refractivity contribution < 1.29 is 0 Å². The lowest BCUT2D eigenvalue weighted by Gasteiger charge is -2.32. The van der Waals surface area contributed by atoms with E-state index in [1.807, 2.05) is 13.1 Å². The zero-order chi connectivity index (χ0) is 15.5. The van der Waals surface area contributed by atoms with Crippen LogP contribution < -0.4 is 11.0 Å². The Morgan fingerprint density at radius 3 is 2.86 bits per heavy atom. The first kappa shape index (κ1) is 15.0. The Morgan fingerprint density at radius 1 is 1.36 bits per heavy atom. The number of nitrogens with one attached hydrogen (secondary N) is 3. The summed E-state index contributed by atoms with van der Waals surface area (Å²) in [5, 5.41) is 17.4. The molecule has 0 amide bonds. The third kappa shape index (κ3) is 3.14. The van der Waals surface area contributed by atoms with Gasteiger partial charge < -0.3 is 5.32 Å². The van der Waals surface area contributed by atoms with Crippen LogP contribution in [0, 0.1) is 12.8 Å². The molecule has 0 spiro atoms. The Hall–Kier alpha value is -1.89. The molecule has 2 atom stereocenters. The number of aromatic nitrogens is 5. The maximum atomic E-state index is 11.5. The van der Waals surface area contributed by atoms with E-state index in [0.717, 1.165) is 24.5 Å². The van der Waals surface area contributed by atoms with Crippen LogP contribution in [0.2, 0.25) is 0 Å². The average molecular weight is 304 g/mol. The Labute approximate surface area is 129 Å². The fraction of sp³-hybridized carbons (Fsp3) is 0.667. The van der Waals surface area contributed by atoms with Crippen LogP contribution in [0.25, 0.3) is 0 Å². The number of nitrogens with zero attached hydrogens (tertiary/aromatic N) is 3. The zero-order valence-electron chi connectivity index (χ0n) is 13.2. The maximum Gasteiger partial charge on any atom is 0.343 e. The van der Waals surface area contributed by atoms with E-state index in [1.165, 1.54) is 31.2 Å². The van der Waals surface area contributed by atoms with Crippen LogP contribution >= 0.6 is 0 Å². The highest BCUT2D eigenvalue weighted by Crippen LogP contribution is 2.27. The minimum Gasteiger partial charge on any atom is -0.310 e. The lowest BCUT2D eigenvalue weighted by molar-refractivity contribution is 0.254. The SMILES string of the molecule is Cc1[nH]ncc1CN[C@@H]1CCCC[C@@H]1Cc1n[nH]c(=O)n1C. The molecule has 7 nitrogen and oxygen atoms in total. The third-order valence-electron chi connectivity index (χ3n) is 4.82. The Morgan fingerprint density at radius 2 is 2.18 bits per heavy atom. The van der Waals surface area contributed by atoms with E-state index >= 15 is 0 Å². The lowest BCUT2D eigenvalue weighted by atomic mass is 9.82. The Balaban J connectivity index is 1.64. The highest BCUT2D eigenvalue weighted by atomic mass is 16.1. The quantitative estimate of drug-likeness (QED) is 0.769. The molecule has 2 aromatic rings. The van der Waals surface area contributed by atoms with Crippen molar-refractivity contribution in [3.8, 4) is 0 Å². The molecule has 1 fully saturated rings. The topological polar surface area (TPSA) is 91.4 Å².